The molecule has 92 valence electrons. The van der Waals surface area contributed by atoms with Gasteiger partial charge in [0.05, 0.1) is 12.5 Å². The zero-order valence-electron chi connectivity index (χ0n) is 9.93. The third-order valence-electron chi connectivity index (χ3n) is 3.91. The van der Waals surface area contributed by atoms with Crippen molar-refractivity contribution in [1.29, 1.82) is 0 Å². The van der Waals surface area contributed by atoms with Crippen molar-refractivity contribution in [2.45, 2.75) is 25.9 Å². The van der Waals surface area contributed by atoms with E-state index in [1.807, 2.05) is 17.7 Å². The Labute approximate surface area is 100 Å². The Bertz CT molecular complexity index is 415. The van der Waals surface area contributed by atoms with Gasteiger partial charge in [0.1, 0.15) is 12.4 Å². The second-order valence-electron chi connectivity index (χ2n) is 4.87. The molecule has 1 N–H and O–H groups in total. The molecule has 17 heavy (non-hydrogen) atoms. The van der Waals surface area contributed by atoms with Crippen LogP contribution in [-0.2, 0) is 16.1 Å². The Morgan fingerprint density at radius 3 is 3.18 bits per heavy atom. The van der Waals surface area contributed by atoms with Crippen molar-refractivity contribution in [2.75, 3.05) is 13.2 Å². The van der Waals surface area contributed by atoms with Gasteiger partial charge in [0.2, 0.25) is 0 Å². The molecule has 2 bridgehead atoms. The van der Waals surface area contributed by atoms with Gasteiger partial charge in [-0.05, 0) is 25.8 Å². The van der Waals surface area contributed by atoms with Gasteiger partial charge in [-0.2, -0.15) is 0 Å². The monoisotopic (exact) mass is 235 g/mol. The number of nitrogens with zero attached hydrogens (tertiary/aromatic N) is 2. The number of ether oxygens (including phenoxy) is 1. The van der Waals surface area contributed by atoms with Gasteiger partial charge >= 0.3 is 5.97 Å². The minimum atomic E-state index is -0.0333. The van der Waals surface area contributed by atoms with E-state index in [1.165, 1.54) is 0 Å². The molecule has 1 aliphatic carbocycles. The van der Waals surface area contributed by atoms with Gasteiger partial charge in [-0.1, -0.05) is 0 Å². The van der Waals surface area contributed by atoms with Gasteiger partial charge in [-0.15, -0.1) is 0 Å². The summed E-state index contributed by atoms with van der Waals surface area (Å²) in [5.41, 5.74) is 0. The van der Waals surface area contributed by atoms with Crippen molar-refractivity contribution in [3.8, 4) is 0 Å². The van der Waals surface area contributed by atoms with Gasteiger partial charge in [-0.25, -0.2) is 4.98 Å². The molecule has 4 rings (SSSR count). The SMILES string of the molecule is Cc1nccn1CCOC(=O)C1C2CNC1C2. The van der Waals surface area contributed by atoms with Crippen LogP contribution in [0.3, 0.4) is 0 Å². The highest BCUT2D eigenvalue weighted by molar-refractivity contribution is 5.75. The second kappa shape index (κ2) is 4.14. The fraction of sp³-hybridized carbons (Fsp3) is 0.667. The molecule has 1 saturated carbocycles. The molecule has 0 radical (unpaired) electrons. The molecule has 1 aromatic rings. The number of hydrogen-bond acceptors (Lipinski definition) is 4. The summed E-state index contributed by atoms with van der Waals surface area (Å²) < 4.78 is 7.31. The maximum absolute atomic E-state index is 11.8. The summed E-state index contributed by atoms with van der Waals surface area (Å²) in [6.07, 6.45) is 4.80. The molecule has 2 aliphatic heterocycles. The van der Waals surface area contributed by atoms with Crippen LogP contribution in [0.1, 0.15) is 12.2 Å². The number of esters is 1. The Morgan fingerprint density at radius 2 is 2.59 bits per heavy atom. The average Bonchev–Trinajstić information content (AvgIpc) is 2.94. The molecule has 3 unspecified atom stereocenters. The molecule has 5 nitrogen and oxygen atoms in total. The maximum Gasteiger partial charge on any atom is 0.310 e. The highest BCUT2D eigenvalue weighted by atomic mass is 16.5. The Morgan fingerprint density at radius 1 is 1.71 bits per heavy atom. The Balaban J connectivity index is 1.46. The summed E-state index contributed by atoms with van der Waals surface area (Å²) in [4.78, 5) is 15.9. The lowest BCUT2D eigenvalue weighted by Gasteiger charge is -2.32. The fourth-order valence-corrected chi connectivity index (χ4v) is 2.81. The summed E-state index contributed by atoms with van der Waals surface area (Å²) in [7, 11) is 0. The van der Waals surface area contributed by atoms with Crippen LogP contribution in [0, 0.1) is 18.8 Å². The second-order valence-corrected chi connectivity index (χ2v) is 4.87. The number of imidazole rings is 1. The largest absolute Gasteiger partial charge is 0.464 e. The van der Waals surface area contributed by atoms with Gasteiger partial charge in [0.15, 0.2) is 0 Å². The van der Waals surface area contributed by atoms with Gasteiger partial charge in [-0.3, -0.25) is 4.79 Å². The number of aryl methyl sites for hydroxylation is 1. The molecule has 1 aromatic heterocycles. The van der Waals surface area contributed by atoms with Crippen molar-refractivity contribution in [2.24, 2.45) is 11.8 Å². The highest BCUT2D eigenvalue weighted by Crippen LogP contribution is 2.40. The normalized spacial score (nSPS) is 30.1. The summed E-state index contributed by atoms with van der Waals surface area (Å²) in [5.74, 6) is 1.54. The minimum Gasteiger partial charge on any atom is -0.464 e. The summed E-state index contributed by atoms with van der Waals surface area (Å²) in [6.45, 7) is 4.04. The molecule has 2 saturated heterocycles. The van der Waals surface area contributed by atoms with E-state index in [-0.39, 0.29) is 11.9 Å². The molecule has 3 heterocycles. The van der Waals surface area contributed by atoms with E-state index in [4.69, 9.17) is 4.74 Å². The number of rotatable bonds is 4. The van der Waals surface area contributed by atoms with E-state index in [9.17, 15) is 4.79 Å². The smallest absolute Gasteiger partial charge is 0.310 e. The molecule has 0 spiro atoms. The highest BCUT2D eigenvalue weighted by Gasteiger charge is 2.51. The maximum atomic E-state index is 11.8. The predicted molar refractivity (Wildman–Crippen MR) is 61.3 cm³/mol. The first kappa shape index (κ1) is 10.8. The van der Waals surface area contributed by atoms with Crippen LogP contribution in [-0.4, -0.2) is 34.7 Å². The number of aromatic nitrogens is 2. The van der Waals surface area contributed by atoms with E-state index in [0.717, 1.165) is 18.8 Å². The van der Waals surface area contributed by atoms with E-state index in [2.05, 4.69) is 10.3 Å². The quantitative estimate of drug-likeness (QED) is 0.765. The molecule has 0 aromatic carbocycles. The number of hydrogen-bond donors (Lipinski definition) is 1. The van der Waals surface area contributed by atoms with Crippen LogP contribution in [0.15, 0.2) is 12.4 Å². The summed E-state index contributed by atoms with van der Waals surface area (Å²) in [6, 6.07) is 0.377. The van der Waals surface area contributed by atoms with E-state index in [0.29, 0.717) is 25.1 Å². The molecular weight excluding hydrogens is 218 g/mol. The lowest BCUT2D eigenvalue weighted by Crippen LogP contribution is -2.43. The van der Waals surface area contributed by atoms with Crippen molar-refractivity contribution in [3.05, 3.63) is 18.2 Å². The first-order valence-corrected chi connectivity index (χ1v) is 6.13. The van der Waals surface area contributed by atoms with Gasteiger partial charge < -0.3 is 14.6 Å². The Hall–Kier alpha value is -1.36. The molecule has 5 heteroatoms. The molecular formula is C12H17N3O2. The number of carbonyl (C=O) groups is 1. The molecule has 3 fully saturated rings. The summed E-state index contributed by atoms with van der Waals surface area (Å²) >= 11 is 0. The molecule has 3 atom stereocenters. The van der Waals surface area contributed by atoms with E-state index < -0.39 is 0 Å². The van der Waals surface area contributed by atoms with E-state index >= 15 is 0 Å². The van der Waals surface area contributed by atoms with Crippen molar-refractivity contribution in [1.82, 2.24) is 14.9 Å². The van der Waals surface area contributed by atoms with Crippen LogP contribution in [0.25, 0.3) is 0 Å². The Kier molecular flexibility index (Phi) is 2.63. The average molecular weight is 235 g/mol. The topological polar surface area (TPSA) is 56.2 Å². The van der Waals surface area contributed by atoms with Crippen LogP contribution in [0.4, 0.5) is 0 Å². The van der Waals surface area contributed by atoms with Crippen molar-refractivity contribution >= 4 is 5.97 Å². The van der Waals surface area contributed by atoms with Crippen LogP contribution >= 0.6 is 0 Å². The van der Waals surface area contributed by atoms with Crippen LogP contribution < -0.4 is 5.32 Å². The summed E-state index contributed by atoms with van der Waals surface area (Å²) in [5, 5.41) is 3.32. The van der Waals surface area contributed by atoms with Crippen molar-refractivity contribution in [3.63, 3.8) is 0 Å². The predicted octanol–water partition coefficient (Wildman–Crippen LogP) is 0.343. The zero-order chi connectivity index (χ0) is 11.8. The van der Waals surface area contributed by atoms with Gasteiger partial charge in [0.25, 0.3) is 0 Å². The van der Waals surface area contributed by atoms with Crippen molar-refractivity contribution < 1.29 is 9.53 Å². The number of fused-ring (bicyclic) bond motifs is 1. The third-order valence-corrected chi connectivity index (χ3v) is 3.91. The van der Waals surface area contributed by atoms with Crippen LogP contribution in [0.5, 0.6) is 0 Å². The number of carbonyl (C=O) groups excluding carboxylic acids is 1. The lowest BCUT2D eigenvalue weighted by molar-refractivity contribution is -0.153. The molecule has 3 aliphatic rings. The molecule has 0 amide bonds. The minimum absolute atomic E-state index is 0.0333. The zero-order valence-corrected chi connectivity index (χ0v) is 9.93. The van der Waals surface area contributed by atoms with Gasteiger partial charge in [0, 0.05) is 18.4 Å². The lowest BCUT2D eigenvalue weighted by atomic mass is 9.74. The first-order chi connectivity index (χ1) is 8.25. The third kappa shape index (κ3) is 1.84. The van der Waals surface area contributed by atoms with E-state index in [1.54, 1.807) is 6.20 Å². The fourth-order valence-electron chi connectivity index (χ4n) is 2.81. The first-order valence-electron chi connectivity index (χ1n) is 6.13. The van der Waals surface area contributed by atoms with Crippen LogP contribution in [0.2, 0.25) is 0 Å². The standard InChI is InChI=1S/C12H17N3O2/c1-8-13-2-3-15(8)4-5-17-12(16)11-9-6-10(11)14-7-9/h2-3,9-11,14H,4-7H2,1H3. The number of nitrogens with one attached hydrogen (secondary N) is 1.